The van der Waals surface area contributed by atoms with Gasteiger partial charge in [0.1, 0.15) is 0 Å². The molecule has 3 rings (SSSR count). The summed E-state index contributed by atoms with van der Waals surface area (Å²) in [5, 5.41) is 0.592. The van der Waals surface area contributed by atoms with E-state index < -0.39 is 0 Å². The third kappa shape index (κ3) is 2.56. The number of hydrogen-bond donors (Lipinski definition) is 1. The SMILES string of the molecule is Cc1cc(N)c(Cl)cc1Sc1nc2ccccc2s1. The molecule has 0 atom stereocenters. The number of anilines is 1. The third-order valence-corrected chi connectivity index (χ3v) is 5.35. The molecule has 2 nitrogen and oxygen atoms in total. The molecule has 0 spiro atoms. The van der Waals surface area contributed by atoms with Crippen LogP contribution in [0.15, 0.2) is 45.6 Å². The molecule has 2 aromatic carbocycles. The molecule has 1 aromatic heterocycles. The number of aromatic nitrogens is 1. The molecule has 2 N–H and O–H groups in total. The average molecular weight is 307 g/mol. The Labute approximate surface area is 124 Å². The van der Waals surface area contributed by atoms with Crippen molar-refractivity contribution in [2.45, 2.75) is 16.2 Å². The number of para-hydroxylation sites is 1. The zero-order valence-electron chi connectivity index (χ0n) is 10.2. The molecular weight excluding hydrogens is 296 g/mol. The van der Waals surface area contributed by atoms with E-state index in [-0.39, 0.29) is 0 Å². The van der Waals surface area contributed by atoms with Crippen molar-refractivity contribution in [1.82, 2.24) is 4.98 Å². The molecule has 0 saturated carbocycles. The Morgan fingerprint density at radius 3 is 2.84 bits per heavy atom. The second kappa shape index (κ2) is 5.04. The maximum atomic E-state index is 6.08. The zero-order valence-corrected chi connectivity index (χ0v) is 12.6. The first-order valence-corrected chi connectivity index (χ1v) is 7.73. The van der Waals surface area contributed by atoms with Crippen molar-refractivity contribution in [3.05, 3.63) is 47.0 Å². The molecule has 3 aromatic rings. The van der Waals surface area contributed by atoms with E-state index in [1.165, 1.54) is 4.70 Å². The lowest BCUT2D eigenvalue weighted by Gasteiger charge is -2.06. The van der Waals surface area contributed by atoms with Crippen LogP contribution < -0.4 is 5.73 Å². The summed E-state index contributed by atoms with van der Waals surface area (Å²) in [5.41, 5.74) is 8.56. The van der Waals surface area contributed by atoms with E-state index in [1.807, 2.05) is 37.3 Å². The molecule has 5 heteroatoms. The number of fused-ring (bicyclic) bond motifs is 1. The van der Waals surface area contributed by atoms with Crippen molar-refractivity contribution < 1.29 is 0 Å². The molecule has 0 aliphatic heterocycles. The molecule has 0 amide bonds. The first kappa shape index (κ1) is 12.8. The van der Waals surface area contributed by atoms with Crippen molar-refractivity contribution in [2.75, 3.05) is 5.73 Å². The van der Waals surface area contributed by atoms with Gasteiger partial charge in [-0.1, -0.05) is 35.5 Å². The Morgan fingerprint density at radius 2 is 2.05 bits per heavy atom. The minimum Gasteiger partial charge on any atom is -0.398 e. The van der Waals surface area contributed by atoms with Gasteiger partial charge >= 0.3 is 0 Å². The van der Waals surface area contributed by atoms with E-state index in [0.717, 1.165) is 20.3 Å². The van der Waals surface area contributed by atoms with Crippen LogP contribution in [-0.4, -0.2) is 4.98 Å². The Hall–Kier alpha value is -1.23. The number of thiazole rings is 1. The van der Waals surface area contributed by atoms with Gasteiger partial charge < -0.3 is 5.73 Å². The van der Waals surface area contributed by atoms with Crippen LogP contribution in [-0.2, 0) is 0 Å². The number of halogens is 1. The maximum Gasteiger partial charge on any atom is 0.155 e. The predicted molar refractivity (Wildman–Crippen MR) is 84.3 cm³/mol. The van der Waals surface area contributed by atoms with Crippen LogP contribution in [0.3, 0.4) is 0 Å². The minimum atomic E-state index is 0.592. The van der Waals surface area contributed by atoms with E-state index in [2.05, 4.69) is 11.1 Å². The molecule has 0 radical (unpaired) electrons. The highest BCUT2D eigenvalue weighted by atomic mass is 35.5. The number of rotatable bonds is 2. The zero-order chi connectivity index (χ0) is 13.4. The largest absolute Gasteiger partial charge is 0.398 e. The topological polar surface area (TPSA) is 38.9 Å². The fourth-order valence-corrected chi connectivity index (χ4v) is 4.14. The molecule has 19 heavy (non-hydrogen) atoms. The van der Waals surface area contributed by atoms with Crippen LogP contribution in [0.1, 0.15) is 5.56 Å². The Kier molecular flexibility index (Phi) is 3.39. The third-order valence-electron chi connectivity index (χ3n) is 2.77. The van der Waals surface area contributed by atoms with Gasteiger partial charge in [0.2, 0.25) is 0 Å². The fraction of sp³-hybridized carbons (Fsp3) is 0.0714. The van der Waals surface area contributed by atoms with Gasteiger partial charge in [-0.15, -0.1) is 11.3 Å². The van der Waals surface area contributed by atoms with Crippen molar-refractivity contribution in [3.63, 3.8) is 0 Å². The van der Waals surface area contributed by atoms with Crippen LogP contribution in [0.4, 0.5) is 5.69 Å². The highest BCUT2D eigenvalue weighted by Gasteiger charge is 2.09. The van der Waals surface area contributed by atoms with Gasteiger partial charge in [0.05, 0.1) is 20.9 Å². The Bertz CT molecular complexity index is 719. The van der Waals surface area contributed by atoms with Gasteiger partial charge in [0.15, 0.2) is 4.34 Å². The highest BCUT2D eigenvalue weighted by molar-refractivity contribution is 8.01. The Balaban J connectivity index is 1.98. The lowest BCUT2D eigenvalue weighted by atomic mass is 10.2. The normalized spacial score (nSPS) is 11.1. The summed E-state index contributed by atoms with van der Waals surface area (Å²) >= 11 is 9.39. The summed E-state index contributed by atoms with van der Waals surface area (Å²) in [7, 11) is 0. The molecule has 0 bridgehead atoms. The molecule has 0 unspecified atom stereocenters. The van der Waals surface area contributed by atoms with Crippen LogP contribution in [0.5, 0.6) is 0 Å². The smallest absolute Gasteiger partial charge is 0.155 e. The van der Waals surface area contributed by atoms with Crippen LogP contribution in [0.2, 0.25) is 5.02 Å². The number of hydrogen-bond acceptors (Lipinski definition) is 4. The van der Waals surface area contributed by atoms with Gasteiger partial charge in [-0.3, -0.25) is 0 Å². The second-order valence-electron chi connectivity index (χ2n) is 4.19. The van der Waals surface area contributed by atoms with E-state index in [9.17, 15) is 0 Å². The van der Waals surface area contributed by atoms with Gasteiger partial charge in [-0.25, -0.2) is 4.98 Å². The summed E-state index contributed by atoms with van der Waals surface area (Å²) in [6.45, 7) is 2.03. The number of benzene rings is 2. The lowest BCUT2D eigenvalue weighted by Crippen LogP contribution is -1.89. The maximum absolute atomic E-state index is 6.08. The first-order valence-electron chi connectivity index (χ1n) is 5.72. The van der Waals surface area contributed by atoms with Crippen molar-refractivity contribution in [1.29, 1.82) is 0 Å². The Morgan fingerprint density at radius 1 is 1.26 bits per heavy atom. The first-order chi connectivity index (χ1) is 9.13. The van der Waals surface area contributed by atoms with E-state index in [4.69, 9.17) is 17.3 Å². The quantitative estimate of drug-likeness (QED) is 0.678. The van der Waals surface area contributed by atoms with E-state index in [0.29, 0.717) is 10.7 Å². The van der Waals surface area contributed by atoms with Gasteiger partial charge in [-0.05, 0) is 36.8 Å². The molecule has 0 saturated heterocycles. The van der Waals surface area contributed by atoms with Gasteiger partial charge in [0.25, 0.3) is 0 Å². The van der Waals surface area contributed by atoms with Crippen LogP contribution in [0.25, 0.3) is 10.2 Å². The van der Waals surface area contributed by atoms with E-state index in [1.54, 1.807) is 23.1 Å². The monoisotopic (exact) mass is 306 g/mol. The average Bonchev–Trinajstić information content (AvgIpc) is 2.78. The van der Waals surface area contributed by atoms with Crippen LogP contribution >= 0.6 is 34.7 Å². The number of nitrogen functional groups attached to an aromatic ring is 1. The van der Waals surface area contributed by atoms with Crippen molar-refractivity contribution in [3.8, 4) is 0 Å². The molecule has 0 aliphatic rings. The summed E-state index contributed by atoms with van der Waals surface area (Å²) in [4.78, 5) is 5.70. The number of aryl methyl sites for hydroxylation is 1. The number of nitrogens with two attached hydrogens (primary N) is 1. The summed E-state index contributed by atoms with van der Waals surface area (Å²) in [6, 6.07) is 11.9. The molecule has 0 fully saturated rings. The molecule has 0 aliphatic carbocycles. The van der Waals surface area contributed by atoms with Gasteiger partial charge in [0, 0.05) is 4.90 Å². The lowest BCUT2D eigenvalue weighted by molar-refractivity contribution is 1.26. The van der Waals surface area contributed by atoms with Crippen LogP contribution in [0, 0.1) is 6.92 Å². The fourth-order valence-electron chi connectivity index (χ4n) is 1.78. The molecule has 1 heterocycles. The summed E-state index contributed by atoms with van der Waals surface area (Å²) in [6.07, 6.45) is 0. The van der Waals surface area contributed by atoms with Crippen molar-refractivity contribution in [2.24, 2.45) is 0 Å². The minimum absolute atomic E-state index is 0.592. The van der Waals surface area contributed by atoms with Crippen molar-refractivity contribution >= 4 is 50.6 Å². The highest BCUT2D eigenvalue weighted by Crippen LogP contribution is 2.38. The second-order valence-corrected chi connectivity index (χ2v) is 6.92. The summed E-state index contributed by atoms with van der Waals surface area (Å²) in [5.74, 6) is 0. The predicted octanol–water partition coefficient (Wildman–Crippen LogP) is 4.99. The molecule has 96 valence electrons. The number of nitrogens with zero attached hydrogens (tertiary/aromatic N) is 1. The van der Waals surface area contributed by atoms with E-state index >= 15 is 0 Å². The molecular formula is C14H11ClN2S2. The standard InChI is InChI=1S/C14H11ClN2S2/c1-8-6-10(16)9(15)7-13(8)19-14-17-11-4-2-3-5-12(11)18-14/h2-7H,16H2,1H3. The van der Waals surface area contributed by atoms with Gasteiger partial charge in [-0.2, -0.15) is 0 Å². The summed E-state index contributed by atoms with van der Waals surface area (Å²) < 4.78 is 2.22.